The van der Waals surface area contributed by atoms with Crippen molar-refractivity contribution in [1.29, 1.82) is 0 Å². The van der Waals surface area contributed by atoms with E-state index in [0.717, 1.165) is 54.0 Å². The van der Waals surface area contributed by atoms with Gasteiger partial charge in [-0.1, -0.05) is 24.3 Å². The Morgan fingerprint density at radius 3 is 2.49 bits per heavy atom. The number of rotatable bonds is 6. The fraction of sp³-hybridized carbons (Fsp3) is 0.333. The Bertz CT molecular complexity index is 1680. The van der Waals surface area contributed by atoms with Gasteiger partial charge in [-0.3, -0.25) is 9.69 Å². The molecule has 0 aliphatic carbocycles. The van der Waals surface area contributed by atoms with Crippen LogP contribution in [0.5, 0.6) is 0 Å². The molecular formula is C30H33N7O2. The highest BCUT2D eigenvalue weighted by Gasteiger charge is 2.33. The first kappa shape index (κ1) is 25.1. The molecule has 2 aromatic carbocycles. The Balaban J connectivity index is 1.41. The number of benzene rings is 2. The summed E-state index contributed by atoms with van der Waals surface area (Å²) in [6, 6.07) is 16.1. The maximum absolute atomic E-state index is 13.7. The van der Waals surface area contributed by atoms with Gasteiger partial charge >= 0.3 is 0 Å². The third-order valence-corrected chi connectivity index (χ3v) is 7.84. The van der Waals surface area contributed by atoms with Crippen LogP contribution in [-0.4, -0.2) is 56.3 Å². The standard InChI is InChI=1S/C30H33N7O2/c1-19-7-8-21(3)26(16-19)35-11-13-36(14-12-35)28(29-32-33-34-37(29)18-23-6-5-15-39-23)25-17-24-20(2)9-10-22(4)27(24)31-30(25)38/h5-10,15-17,28H,11-14,18H2,1-4H3,(H,31,38). The molecule has 1 aliphatic heterocycles. The summed E-state index contributed by atoms with van der Waals surface area (Å²) in [5.41, 5.74) is 7.34. The van der Waals surface area contributed by atoms with E-state index in [-0.39, 0.29) is 5.56 Å². The monoisotopic (exact) mass is 523 g/mol. The van der Waals surface area contributed by atoms with Gasteiger partial charge in [0, 0.05) is 42.8 Å². The molecule has 1 aliphatic rings. The van der Waals surface area contributed by atoms with Gasteiger partial charge in [-0.05, 0) is 84.6 Å². The van der Waals surface area contributed by atoms with Gasteiger partial charge in [0.15, 0.2) is 5.82 Å². The molecule has 0 radical (unpaired) electrons. The summed E-state index contributed by atoms with van der Waals surface area (Å²) in [5.74, 6) is 1.38. The third-order valence-electron chi connectivity index (χ3n) is 7.84. The summed E-state index contributed by atoms with van der Waals surface area (Å²) < 4.78 is 7.33. The molecule has 0 saturated carbocycles. The Hall–Kier alpha value is -4.24. The Morgan fingerprint density at radius 2 is 1.72 bits per heavy atom. The first-order chi connectivity index (χ1) is 18.9. The van der Waals surface area contributed by atoms with Crippen LogP contribution in [0.25, 0.3) is 10.9 Å². The molecule has 9 nitrogen and oxygen atoms in total. The second kappa shape index (κ2) is 10.1. The molecule has 1 fully saturated rings. The van der Waals surface area contributed by atoms with Crippen molar-refractivity contribution in [3.8, 4) is 0 Å². The first-order valence-corrected chi connectivity index (χ1v) is 13.4. The second-order valence-corrected chi connectivity index (χ2v) is 10.5. The van der Waals surface area contributed by atoms with E-state index in [0.29, 0.717) is 17.9 Å². The van der Waals surface area contributed by atoms with Crippen molar-refractivity contribution in [2.24, 2.45) is 0 Å². The van der Waals surface area contributed by atoms with E-state index in [9.17, 15) is 4.79 Å². The molecule has 9 heteroatoms. The van der Waals surface area contributed by atoms with Crippen molar-refractivity contribution in [2.75, 3.05) is 31.1 Å². The fourth-order valence-electron chi connectivity index (χ4n) is 5.64. The number of aromatic nitrogens is 5. The average Bonchev–Trinajstić information content (AvgIpc) is 3.62. The van der Waals surface area contributed by atoms with Gasteiger partial charge in [-0.2, -0.15) is 0 Å². The first-order valence-electron chi connectivity index (χ1n) is 13.4. The number of nitrogens with one attached hydrogen (secondary N) is 1. The van der Waals surface area contributed by atoms with Crippen LogP contribution < -0.4 is 10.5 Å². The normalized spacial score (nSPS) is 15.2. The van der Waals surface area contributed by atoms with E-state index in [1.165, 1.54) is 16.8 Å². The number of furan rings is 1. The number of aromatic amines is 1. The molecule has 0 spiro atoms. The summed E-state index contributed by atoms with van der Waals surface area (Å²) in [6.07, 6.45) is 1.64. The molecule has 1 saturated heterocycles. The van der Waals surface area contributed by atoms with Gasteiger partial charge < -0.3 is 14.3 Å². The Kier molecular flexibility index (Phi) is 6.52. The van der Waals surface area contributed by atoms with Gasteiger partial charge in [-0.25, -0.2) is 4.68 Å². The zero-order chi connectivity index (χ0) is 27.1. The van der Waals surface area contributed by atoms with Crippen LogP contribution in [0.15, 0.2) is 64.0 Å². The van der Waals surface area contributed by atoms with Crippen molar-refractivity contribution in [2.45, 2.75) is 40.3 Å². The zero-order valence-corrected chi connectivity index (χ0v) is 22.8. The molecule has 3 aromatic heterocycles. The van der Waals surface area contributed by atoms with Crippen LogP contribution >= 0.6 is 0 Å². The van der Waals surface area contributed by atoms with Gasteiger partial charge in [0.2, 0.25) is 0 Å². The van der Waals surface area contributed by atoms with E-state index in [1.807, 2.05) is 31.2 Å². The minimum Gasteiger partial charge on any atom is -0.467 e. The van der Waals surface area contributed by atoms with Gasteiger partial charge in [-0.15, -0.1) is 5.10 Å². The maximum Gasteiger partial charge on any atom is 0.253 e. The lowest BCUT2D eigenvalue weighted by molar-refractivity contribution is 0.200. The molecule has 0 bridgehead atoms. The fourth-order valence-corrected chi connectivity index (χ4v) is 5.64. The van der Waals surface area contributed by atoms with Gasteiger partial charge in [0.05, 0.1) is 11.8 Å². The molecule has 0 amide bonds. The van der Waals surface area contributed by atoms with Gasteiger partial charge in [0.25, 0.3) is 5.56 Å². The number of tetrazole rings is 1. The van der Waals surface area contributed by atoms with E-state index in [2.05, 4.69) is 75.3 Å². The minimum atomic E-state index is -0.413. The van der Waals surface area contributed by atoms with Crippen molar-refractivity contribution in [1.82, 2.24) is 30.1 Å². The number of hydrogen-bond donors (Lipinski definition) is 1. The molecule has 1 unspecified atom stereocenters. The Labute approximate surface area is 227 Å². The molecule has 4 heterocycles. The molecule has 200 valence electrons. The summed E-state index contributed by atoms with van der Waals surface area (Å²) >= 11 is 0. The van der Waals surface area contributed by atoms with E-state index in [1.54, 1.807) is 10.9 Å². The lowest BCUT2D eigenvalue weighted by Crippen LogP contribution is -2.49. The number of fused-ring (bicyclic) bond motifs is 1. The minimum absolute atomic E-state index is 0.120. The molecule has 1 atom stereocenters. The highest BCUT2D eigenvalue weighted by atomic mass is 16.3. The largest absolute Gasteiger partial charge is 0.467 e. The van der Waals surface area contributed by atoms with Crippen molar-refractivity contribution in [3.63, 3.8) is 0 Å². The number of anilines is 1. The smallest absolute Gasteiger partial charge is 0.253 e. The third kappa shape index (κ3) is 4.74. The summed E-state index contributed by atoms with van der Waals surface area (Å²) in [5, 5.41) is 13.8. The van der Waals surface area contributed by atoms with E-state index < -0.39 is 6.04 Å². The summed E-state index contributed by atoms with van der Waals surface area (Å²) in [4.78, 5) is 21.6. The second-order valence-electron chi connectivity index (χ2n) is 10.5. The predicted molar refractivity (Wildman–Crippen MR) is 151 cm³/mol. The number of H-pyrrole nitrogens is 1. The highest BCUT2D eigenvalue weighted by Crippen LogP contribution is 2.31. The zero-order valence-electron chi connectivity index (χ0n) is 22.8. The quantitative estimate of drug-likeness (QED) is 0.354. The summed E-state index contributed by atoms with van der Waals surface area (Å²) in [6.45, 7) is 12.0. The van der Waals surface area contributed by atoms with E-state index in [4.69, 9.17) is 4.42 Å². The lowest BCUT2D eigenvalue weighted by atomic mass is 9.99. The van der Waals surface area contributed by atoms with Crippen LogP contribution in [0.3, 0.4) is 0 Å². The van der Waals surface area contributed by atoms with Crippen LogP contribution in [0.4, 0.5) is 5.69 Å². The maximum atomic E-state index is 13.7. The number of pyridine rings is 1. The Morgan fingerprint density at radius 1 is 0.949 bits per heavy atom. The lowest BCUT2D eigenvalue weighted by Gasteiger charge is -2.40. The average molecular weight is 524 g/mol. The highest BCUT2D eigenvalue weighted by molar-refractivity contribution is 5.85. The molecule has 39 heavy (non-hydrogen) atoms. The number of piperazine rings is 1. The van der Waals surface area contributed by atoms with Crippen LogP contribution in [0.2, 0.25) is 0 Å². The summed E-state index contributed by atoms with van der Waals surface area (Å²) in [7, 11) is 0. The van der Waals surface area contributed by atoms with Crippen LogP contribution in [0, 0.1) is 27.7 Å². The number of hydrogen-bond acceptors (Lipinski definition) is 7. The SMILES string of the molecule is Cc1ccc(C)c(N2CCN(C(c3cc4c(C)ccc(C)c4[nH]c3=O)c3nnnn3Cc3ccco3)CC2)c1. The van der Waals surface area contributed by atoms with E-state index >= 15 is 0 Å². The molecule has 6 rings (SSSR count). The van der Waals surface area contributed by atoms with Crippen LogP contribution in [0.1, 0.15) is 45.4 Å². The van der Waals surface area contributed by atoms with Gasteiger partial charge in [0.1, 0.15) is 18.3 Å². The predicted octanol–water partition coefficient (Wildman–Crippen LogP) is 4.30. The number of aryl methyl sites for hydroxylation is 4. The van der Waals surface area contributed by atoms with Crippen molar-refractivity contribution in [3.05, 3.63) is 105 Å². The van der Waals surface area contributed by atoms with Crippen molar-refractivity contribution < 1.29 is 4.42 Å². The van der Waals surface area contributed by atoms with Crippen molar-refractivity contribution >= 4 is 16.6 Å². The van der Waals surface area contributed by atoms with Crippen LogP contribution in [-0.2, 0) is 6.54 Å². The molecule has 1 N–H and O–H groups in total. The molecular weight excluding hydrogens is 490 g/mol. The number of nitrogens with zero attached hydrogens (tertiary/aromatic N) is 6. The molecule has 5 aromatic rings. The topological polar surface area (TPSA) is 96.1 Å².